The van der Waals surface area contributed by atoms with Gasteiger partial charge in [0.05, 0.1) is 6.04 Å². The minimum atomic E-state index is -0.162. The highest BCUT2D eigenvalue weighted by Crippen LogP contribution is 2.26. The van der Waals surface area contributed by atoms with E-state index in [0.29, 0.717) is 13.0 Å². The number of nitrogens with zero attached hydrogens (tertiary/aromatic N) is 2. The molecular formula is C18H20N2O3S. The van der Waals surface area contributed by atoms with Gasteiger partial charge in [-0.1, -0.05) is 29.5 Å². The molecule has 2 aromatic heterocycles. The van der Waals surface area contributed by atoms with Crippen LogP contribution in [-0.4, -0.2) is 22.4 Å². The number of furan rings is 1. The Morgan fingerprint density at radius 2 is 2.12 bits per heavy atom. The quantitative estimate of drug-likeness (QED) is 0.711. The second kappa shape index (κ2) is 6.65. The van der Waals surface area contributed by atoms with E-state index in [1.54, 1.807) is 16.5 Å². The first-order valence-corrected chi connectivity index (χ1v) is 8.74. The predicted molar refractivity (Wildman–Crippen MR) is 95.3 cm³/mol. The summed E-state index contributed by atoms with van der Waals surface area (Å²) in [6.45, 7) is 4.23. The van der Waals surface area contributed by atoms with Crippen molar-refractivity contribution in [1.82, 2.24) is 9.47 Å². The summed E-state index contributed by atoms with van der Waals surface area (Å²) in [5.41, 5.74) is 1.71. The van der Waals surface area contributed by atoms with Crippen LogP contribution in [-0.2, 0) is 11.3 Å². The minimum Gasteiger partial charge on any atom is -0.459 e. The zero-order chi connectivity index (χ0) is 17.3. The molecule has 0 radical (unpaired) electrons. The third-order valence-corrected chi connectivity index (χ3v) is 5.24. The van der Waals surface area contributed by atoms with E-state index >= 15 is 0 Å². The lowest BCUT2D eigenvalue weighted by molar-refractivity contribution is -0.132. The van der Waals surface area contributed by atoms with E-state index < -0.39 is 0 Å². The highest BCUT2D eigenvalue weighted by atomic mass is 32.1. The Morgan fingerprint density at radius 1 is 1.38 bits per heavy atom. The first kappa shape index (κ1) is 16.5. The average molecular weight is 344 g/mol. The monoisotopic (exact) mass is 344 g/mol. The van der Waals surface area contributed by atoms with Gasteiger partial charge in [-0.05, 0) is 26.0 Å². The van der Waals surface area contributed by atoms with E-state index in [4.69, 9.17) is 4.42 Å². The van der Waals surface area contributed by atoms with Crippen LogP contribution in [0.3, 0.4) is 0 Å². The van der Waals surface area contributed by atoms with Crippen molar-refractivity contribution in [2.75, 3.05) is 7.05 Å². The van der Waals surface area contributed by atoms with Crippen molar-refractivity contribution in [1.29, 1.82) is 0 Å². The van der Waals surface area contributed by atoms with Crippen LogP contribution in [0.4, 0.5) is 0 Å². The van der Waals surface area contributed by atoms with E-state index in [1.807, 2.05) is 49.6 Å². The SMILES string of the molecule is Cc1csc(=O)n1CCC(=O)N(C)C(C)c1cc2ccccc2o1. The molecule has 3 rings (SSSR count). The summed E-state index contributed by atoms with van der Waals surface area (Å²) < 4.78 is 7.48. The average Bonchev–Trinajstić information content (AvgIpc) is 3.15. The number of aromatic nitrogens is 1. The number of carbonyl (C=O) groups is 1. The van der Waals surface area contributed by atoms with Gasteiger partial charge in [-0.2, -0.15) is 0 Å². The molecule has 0 aliphatic heterocycles. The van der Waals surface area contributed by atoms with Crippen molar-refractivity contribution in [3.05, 3.63) is 56.8 Å². The largest absolute Gasteiger partial charge is 0.459 e. The standard InChI is InChI=1S/C18H20N2O3S/c1-12-11-24-18(22)20(12)9-8-17(21)19(3)13(2)16-10-14-6-4-5-7-15(14)23-16/h4-7,10-11,13H,8-9H2,1-3H3. The lowest BCUT2D eigenvalue weighted by Crippen LogP contribution is -2.31. The second-order valence-electron chi connectivity index (χ2n) is 5.91. The Morgan fingerprint density at radius 3 is 2.79 bits per heavy atom. The molecular weight excluding hydrogens is 324 g/mol. The van der Waals surface area contributed by atoms with Crippen molar-refractivity contribution in [3.63, 3.8) is 0 Å². The number of hydrogen-bond donors (Lipinski definition) is 0. The number of rotatable bonds is 5. The summed E-state index contributed by atoms with van der Waals surface area (Å²) in [5, 5.41) is 2.84. The van der Waals surface area contributed by atoms with Gasteiger partial charge < -0.3 is 13.9 Å². The molecule has 5 nitrogen and oxygen atoms in total. The smallest absolute Gasteiger partial charge is 0.307 e. The molecule has 1 atom stereocenters. The molecule has 3 aromatic rings. The molecule has 0 fully saturated rings. The fraction of sp³-hybridized carbons (Fsp3) is 0.333. The molecule has 0 N–H and O–H groups in total. The van der Waals surface area contributed by atoms with Crippen molar-refractivity contribution in [2.45, 2.75) is 32.9 Å². The van der Waals surface area contributed by atoms with Crippen LogP contribution in [0.2, 0.25) is 0 Å². The van der Waals surface area contributed by atoms with Gasteiger partial charge in [0.2, 0.25) is 5.91 Å². The molecule has 1 amide bonds. The summed E-state index contributed by atoms with van der Waals surface area (Å²) in [6.07, 6.45) is 0.290. The molecule has 24 heavy (non-hydrogen) atoms. The number of hydrogen-bond acceptors (Lipinski definition) is 4. The summed E-state index contributed by atoms with van der Waals surface area (Å²) in [7, 11) is 1.77. The lowest BCUT2D eigenvalue weighted by atomic mass is 10.2. The number of carbonyl (C=O) groups excluding carboxylic acids is 1. The maximum atomic E-state index is 12.5. The molecule has 0 saturated heterocycles. The van der Waals surface area contributed by atoms with Crippen molar-refractivity contribution < 1.29 is 9.21 Å². The van der Waals surface area contributed by atoms with Crippen LogP contribution in [0.25, 0.3) is 11.0 Å². The molecule has 0 spiro atoms. The maximum Gasteiger partial charge on any atom is 0.307 e. The Balaban J connectivity index is 1.69. The number of amides is 1. The number of aryl methyl sites for hydroxylation is 1. The molecule has 0 bridgehead atoms. The van der Waals surface area contributed by atoms with Gasteiger partial charge in [0.15, 0.2) is 0 Å². The Hall–Kier alpha value is -2.34. The summed E-state index contributed by atoms with van der Waals surface area (Å²) >= 11 is 1.16. The molecule has 0 aliphatic rings. The maximum absolute atomic E-state index is 12.5. The zero-order valence-corrected chi connectivity index (χ0v) is 14.8. The summed E-state index contributed by atoms with van der Waals surface area (Å²) in [5.74, 6) is 0.747. The van der Waals surface area contributed by atoms with Crippen LogP contribution in [0.5, 0.6) is 0 Å². The molecule has 2 heterocycles. The van der Waals surface area contributed by atoms with Gasteiger partial charge in [-0.25, -0.2) is 0 Å². The van der Waals surface area contributed by atoms with Gasteiger partial charge in [0.1, 0.15) is 11.3 Å². The highest BCUT2D eigenvalue weighted by molar-refractivity contribution is 7.07. The third kappa shape index (κ3) is 3.14. The van der Waals surface area contributed by atoms with E-state index in [0.717, 1.165) is 33.8 Å². The van der Waals surface area contributed by atoms with Crippen LogP contribution >= 0.6 is 11.3 Å². The number of thiazole rings is 1. The van der Waals surface area contributed by atoms with Gasteiger partial charge in [-0.3, -0.25) is 9.59 Å². The van der Waals surface area contributed by atoms with E-state index in [1.165, 1.54) is 0 Å². The number of para-hydroxylation sites is 1. The topological polar surface area (TPSA) is 55.5 Å². The number of benzene rings is 1. The van der Waals surface area contributed by atoms with Crippen LogP contribution in [0, 0.1) is 6.92 Å². The fourth-order valence-electron chi connectivity index (χ4n) is 2.67. The van der Waals surface area contributed by atoms with Crippen molar-refractivity contribution in [2.24, 2.45) is 0 Å². The molecule has 0 saturated carbocycles. The second-order valence-corrected chi connectivity index (χ2v) is 6.73. The van der Waals surface area contributed by atoms with Gasteiger partial charge in [-0.15, -0.1) is 0 Å². The third-order valence-electron chi connectivity index (χ3n) is 4.36. The first-order chi connectivity index (χ1) is 11.5. The molecule has 126 valence electrons. The normalized spacial score (nSPS) is 12.5. The lowest BCUT2D eigenvalue weighted by Gasteiger charge is -2.23. The van der Waals surface area contributed by atoms with Crippen LogP contribution < -0.4 is 4.87 Å². The zero-order valence-electron chi connectivity index (χ0n) is 14.0. The van der Waals surface area contributed by atoms with Crippen molar-refractivity contribution in [3.8, 4) is 0 Å². The summed E-state index contributed by atoms with van der Waals surface area (Å²) in [4.78, 5) is 25.8. The molecule has 1 unspecified atom stereocenters. The van der Waals surface area contributed by atoms with Gasteiger partial charge in [0.25, 0.3) is 0 Å². The molecule has 1 aromatic carbocycles. The number of fused-ring (bicyclic) bond motifs is 1. The van der Waals surface area contributed by atoms with Crippen molar-refractivity contribution >= 4 is 28.2 Å². The Bertz CT molecular complexity index is 889. The first-order valence-electron chi connectivity index (χ1n) is 7.86. The fourth-order valence-corrected chi connectivity index (χ4v) is 3.43. The van der Waals surface area contributed by atoms with E-state index in [9.17, 15) is 9.59 Å². The minimum absolute atomic E-state index is 0.0135. The van der Waals surface area contributed by atoms with Crippen LogP contribution in [0.1, 0.15) is 30.8 Å². The highest BCUT2D eigenvalue weighted by Gasteiger charge is 2.21. The predicted octanol–water partition coefficient (Wildman–Crippen LogP) is 3.57. The molecule has 6 heteroatoms. The Kier molecular flexibility index (Phi) is 4.57. The summed E-state index contributed by atoms with van der Waals surface area (Å²) in [6, 6.07) is 9.60. The van der Waals surface area contributed by atoms with E-state index in [-0.39, 0.29) is 16.8 Å². The molecule has 0 aliphatic carbocycles. The Labute approximate surface area is 144 Å². The van der Waals surface area contributed by atoms with E-state index in [2.05, 4.69) is 0 Å². The van der Waals surface area contributed by atoms with Crippen LogP contribution in [0.15, 0.2) is 44.9 Å². The van der Waals surface area contributed by atoms with Gasteiger partial charge in [0, 0.05) is 36.5 Å². The van der Waals surface area contributed by atoms with Gasteiger partial charge >= 0.3 is 4.87 Å².